The first-order valence-corrected chi connectivity index (χ1v) is 29.6. The molecule has 0 radical (unpaired) electrons. The van der Waals surface area contributed by atoms with Crippen molar-refractivity contribution in [2.75, 3.05) is 0 Å². The lowest BCUT2D eigenvalue weighted by Crippen LogP contribution is -2.20. The molecule has 1 heterocycles. The van der Waals surface area contributed by atoms with Crippen LogP contribution in [0, 0.1) is 0 Å². The maximum atomic E-state index is 12.2. The first-order chi connectivity index (χ1) is 34.5. The molecule has 0 unspecified atom stereocenters. The molecule has 72 heavy (non-hydrogen) atoms. The maximum absolute atomic E-state index is 12.2. The standard InChI is InChI=1S/C14H9BrO3.C14H7BrO2.C14H9Br.C8H3BrO3.C6H6.Al.3ClH/c15-10-6-7-11(14(17)18)12(8-10)13(16)9-4-2-1-3-5-9;15-8-5-6-11-12(7-8)14(17)10-4-2-1-3-9(10)13(11)16;15-14-6-5-12-7-10-3-1-2-4-11(10)8-13(12)9-14;9-4-1-2-5-6(3-4)8(11)12-7(5)10;1-2-4-6-5-3-1;;;;/h1-8H,(H,17,18);1-7H;1-9H;1-3H;1-6H;;3*1H/q;;;;;+3;;;/p-3. The molecule has 358 valence electrons. The van der Waals surface area contributed by atoms with Gasteiger partial charge in [0.05, 0.1) is 16.7 Å². The molecule has 0 saturated carbocycles. The number of esters is 2. The zero-order valence-electron chi connectivity index (χ0n) is 37.1. The number of carboxylic acids is 1. The second kappa shape index (κ2) is 26.9. The summed E-state index contributed by atoms with van der Waals surface area (Å²) < 4.78 is 7.75. The van der Waals surface area contributed by atoms with Crippen molar-refractivity contribution >= 4 is 162 Å². The molecule has 0 aromatic heterocycles. The van der Waals surface area contributed by atoms with E-state index in [0.29, 0.717) is 43.4 Å². The number of carbonyl (C=O) groups excluding carboxylic acids is 5. The summed E-state index contributed by atoms with van der Waals surface area (Å²) in [5.41, 5.74) is 3.27. The minimum atomic E-state index is -1.72. The van der Waals surface area contributed by atoms with Crippen LogP contribution in [0.15, 0.2) is 218 Å². The Morgan fingerprint density at radius 2 is 0.778 bits per heavy atom. The van der Waals surface area contributed by atoms with Gasteiger partial charge in [0.15, 0.2) is 17.3 Å². The molecule has 1 aliphatic heterocycles. The van der Waals surface area contributed by atoms with Crippen molar-refractivity contribution in [3.05, 3.63) is 268 Å². The number of rotatable bonds is 3. The molecule has 9 aromatic carbocycles. The second-order valence-corrected chi connectivity index (χ2v) is 25.1. The molecule has 1 aliphatic carbocycles. The Morgan fingerprint density at radius 1 is 0.389 bits per heavy atom. The molecule has 0 spiro atoms. The Kier molecular flexibility index (Phi) is 20.9. The molecule has 9 aromatic rings. The van der Waals surface area contributed by atoms with E-state index < -0.39 is 29.3 Å². The van der Waals surface area contributed by atoms with Crippen LogP contribution in [0.3, 0.4) is 0 Å². The highest BCUT2D eigenvalue weighted by molar-refractivity contribution is 9.11. The third-order valence-electron chi connectivity index (χ3n) is 10.3. The van der Waals surface area contributed by atoms with Crippen molar-refractivity contribution in [2.45, 2.75) is 0 Å². The second-order valence-electron chi connectivity index (χ2n) is 15.0. The first kappa shape index (κ1) is 55.8. The topological polar surface area (TPSA) is 132 Å². The normalized spacial score (nSPS) is 11.4. The third kappa shape index (κ3) is 15.2. The molecule has 1 N–H and O–H groups in total. The van der Waals surface area contributed by atoms with E-state index in [-0.39, 0.29) is 28.5 Å². The summed E-state index contributed by atoms with van der Waals surface area (Å²) in [7, 11) is 14.8. The zero-order valence-corrected chi connectivity index (χ0v) is 46.8. The van der Waals surface area contributed by atoms with Crippen LogP contribution in [0.25, 0.3) is 21.5 Å². The fourth-order valence-corrected chi connectivity index (χ4v) is 8.52. The van der Waals surface area contributed by atoms with Crippen LogP contribution < -0.4 is 0 Å². The largest absolute Gasteiger partial charge is 0.643 e. The lowest BCUT2D eigenvalue weighted by Gasteiger charge is -2.17. The molecule has 11 rings (SSSR count). The zero-order chi connectivity index (χ0) is 51.9. The lowest BCUT2D eigenvalue weighted by molar-refractivity contribution is 0.0442. The fourth-order valence-electron chi connectivity index (χ4n) is 7.06. The molecule has 0 saturated heterocycles. The first-order valence-electron chi connectivity index (χ1n) is 21.2. The van der Waals surface area contributed by atoms with Gasteiger partial charge in [-0.3, -0.25) is 14.4 Å². The quantitative estimate of drug-likeness (QED) is 0.0608. The molecule has 2 aliphatic rings. The lowest BCUT2D eigenvalue weighted by atomic mass is 9.84. The minimum Gasteiger partial charge on any atom is -0.478 e. The third-order valence-corrected chi connectivity index (χ3v) is 12.3. The van der Waals surface area contributed by atoms with Crippen LogP contribution in [0.1, 0.15) is 78.8 Å². The summed E-state index contributed by atoms with van der Waals surface area (Å²) in [6.45, 7) is 0. The van der Waals surface area contributed by atoms with E-state index in [4.69, 9.17) is 35.3 Å². The summed E-state index contributed by atoms with van der Waals surface area (Å²) in [6.07, 6.45) is 0. The van der Waals surface area contributed by atoms with Gasteiger partial charge in [0.1, 0.15) is 0 Å². The predicted octanol–water partition coefficient (Wildman–Crippen LogP) is 16.5. The fraction of sp³-hybridized carbons (Fsp3) is 0. The van der Waals surface area contributed by atoms with Crippen LogP contribution >= 0.6 is 93.9 Å². The predicted molar refractivity (Wildman–Crippen MR) is 301 cm³/mol. The SMILES string of the molecule is Brc1ccc2cc3ccccc3cc2c1.O=C(O)c1ccc(Br)cc1C(=O)c1ccccc1.O=C1OC(=O)c2cc(Br)ccc21.O=C1c2ccccc2C(=O)c2cc(Br)ccc21.[Cl][Al]([Cl])[Cl].c1ccccc1. The summed E-state index contributed by atoms with van der Waals surface area (Å²) in [6, 6.07) is 61.4. The van der Waals surface area contributed by atoms with Crippen molar-refractivity contribution in [3.8, 4) is 0 Å². The molecule has 0 fully saturated rings. The Hall–Kier alpha value is -5.56. The highest BCUT2D eigenvalue weighted by Gasteiger charge is 2.30. The van der Waals surface area contributed by atoms with Crippen molar-refractivity contribution in [2.24, 2.45) is 0 Å². The van der Waals surface area contributed by atoms with Crippen LogP contribution in [0.5, 0.6) is 0 Å². The average Bonchev–Trinajstić information content (AvgIpc) is 3.66. The van der Waals surface area contributed by atoms with E-state index >= 15 is 0 Å². The summed E-state index contributed by atoms with van der Waals surface area (Å²) in [5.74, 6) is -2.71. The van der Waals surface area contributed by atoms with Gasteiger partial charge in [-0.15, -0.1) is 0 Å². The van der Waals surface area contributed by atoms with Gasteiger partial charge in [0.2, 0.25) is 0 Å². The van der Waals surface area contributed by atoms with E-state index in [9.17, 15) is 28.8 Å². The van der Waals surface area contributed by atoms with Crippen LogP contribution in [0.4, 0.5) is 0 Å². The number of cyclic esters (lactones) is 2. The molecule has 0 amide bonds. The molecule has 0 bridgehead atoms. The molecule has 16 heteroatoms. The Labute approximate surface area is 464 Å². The number of ketones is 3. The molecule has 8 nitrogen and oxygen atoms in total. The number of benzene rings is 9. The number of hydrogen-bond donors (Lipinski definition) is 1. The van der Waals surface area contributed by atoms with Gasteiger partial charge in [0.25, 0.3) is 0 Å². The Bertz CT molecular complexity index is 3440. The van der Waals surface area contributed by atoms with E-state index in [0.717, 1.165) is 13.4 Å². The van der Waals surface area contributed by atoms with E-state index in [2.05, 4.69) is 123 Å². The van der Waals surface area contributed by atoms with Crippen molar-refractivity contribution < 1.29 is 38.6 Å². The monoisotopic (exact) mass is 1280 g/mol. The number of carbonyl (C=O) groups is 6. The number of ether oxygens (including phenoxy) is 1. The van der Waals surface area contributed by atoms with E-state index in [1.807, 2.05) is 36.4 Å². The van der Waals surface area contributed by atoms with Crippen LogP contribution in [-0.4, -0.2) is 51.7 Å². The van der Waals surface area contributed by atoms with Gasteiger partial charge in [-0.1, -0.05) is 185 Å². The maximum Gasteiger partial charge on any atom is 0.643 e. The molecule has 0 atom stereocenters. The van der Waals surface area contributed by atoms with Crippen LogP contribution in [0.2, 0.25) is 0 Å². The van der Waals surface area contributed by atoms with Crippen molar-refractivity contribution in [3.63, 3.8) is 0 Å². The number of hydrogen-bond acceptors (Lipinski definition) is 7. The number of carboxylic acid groups (broad SMARTS) is 1. The Morgan fingerprint density at radius 3 is 1.35 bits per heavy atom. The van der Waals surface area contributed by atoms with Gasteiger partial charge in [0, 0.05) is 51.3 Å². The van der Waals surface area contributed by atoms with E-state index in [1.54, 1.807) is 97.1 Å². The average molecular weight is 1290 g/mol. The molecular weight excluding hydrogens is 1250 g/mol. The highest BCUT2D eigenvalue weighted by Crippen LogP contribution is 2.30. The van der Waals surface area contributed by atoms with Gasteiger partial charge in [-0.25, -0.2) is 44.5 Å². The van der Waals surface area contributed by atoms with E-state index in [1.165, 1.54) is 33.7 Å². The number of aromatic carboxylic acids is 1. The summed E-state index contributed by atoms with van der Waals surface area (Å²) in [4.78, 5) is 69.7. The number of halogens is 7. The van der Waals surface area contributed by atoms with Crippen LogP contribution in [-0.2, 0) is 4.74 Å². The summed E-state index contributed by atoms with van der Waals surface area (Å²) >= 11 is 11.5. The molecular formula is C56H34AlBr4Cl3O8. The van der Waals surface area contributed by atoms with Gasteiger partial charge < -0.3 is 9.84 Å². The van der Waals surface area contributed by atoms with Gasteiger partial charge >= 0.3 is 29.3 Å². The van der Waals surface area contributed by atoms with Gasteiger partial charge in [-0.05, 0) is 100 Å². The highest BCUT2D eigenvalue weighted by atomic mass is 79.9. The Balaban J connectivity index is 0.000000148. The smallest absolute Gasteiger partial charge is 0.478 e. The number of fused-ring (bicyclic) bond motifs is 5. The summed E-state index contributed by atoms with van der Waals surface area (Å²) in [5, 5.41) is 14.2. The minimum absolute atomic E-state index is 0.00653. The van der Waals surface area contributed by atoms with Crippen molar-refractivity contribution in [1.29, 1.82) is 0 Å². The van der Waals surface area contributed by atoms with Gasteiger partial charge in [-0.2, -0.15) is 0 Å². The van der Waals surface area contributed by atoms with Crippen molar-refractivity contribution in [1.82, 2.24) is 0 Å².